The lowest BCUT2D eigenvalue weighted by atomic mass is 9.82. The van der Waals surface area contributed by atoms with Gasteiger partial charge in [-0.05, 0) is 72.4 Å². The molecule has 3 atom stereocenters. The Morgan fingerprint density at radius 1 is 1.10 bits per heavy atom. The number of rotatable bonds is 6. The number of carboxylic acid groups (broad SMARTS) is 1. The van der Waals surface area contributed by atoms with Gasteiger partial charge in [0.15, 0.2) is 0 Å². The van der Waals surface area contributed by atoms with Gasteiger partial charge in [0.1, 0.15) is 0 Å². The van der Waals surface area contributed by atoms with Gasteiger partial charge in [-0.2, -0.15) is 13.2 Å². The van der Waals surface area contributed by atoms with E-state index in [9.17, 15) is 23.1 Å². The summed E-state index contributed by atoms with van der Waals surface area (Å²) in [5.74, 6) is -1.07. The second-order valence-electron chi connectivity index (χ2n) is 9.07. The van der Waals surface area contributed by atoms with Gasteiger partial charge < -0.3 is 10.4 Å². The highest BCUT2D eigenvalue weighted by molar-refractivity contribution is 5.77. The molecule has 0 saturated carbocycles. The average Bonchev–Trinajstić information content (AvgIpc) is 2.71. The maximum atomic E-state index is 13.0. The molecule has 0 aliphatic carbocycles. The number of piperidine rings is 1. The van der Waals surface area contributed by atoms with Gasteiger partial charge in [0, 0.05) is 12.6 Å². The Hall–Kier alpha value is -2.34. The smallest absolute Gasteiger partial charge is 0.416 e. The van der Waals surface area contributed by atoms with E-state index >= 15 is 0 Å². The van der Waals surface area contributed by atoms with E-state index in [0.29, 0.717) is 23.6 Å². The van der Waals surface area contributed by atoms with Gasteiger partial charge >= 0.3 is 12.1 Å². The highest BCUT2D eigenvalue weighted by atomic mass is 19.4. The predicted molar refractivity (Wildman–Crippen MR) is 116 cm³/mol. The van der Waals surface area contributed by atoms with Crippen LogP contribution in [0.4, 0.5) is 13.2 Å². The third kappa shape index (κ3) is 5.88. The highest BCUT2D eigenvalue weighted by Gasteiger charge is 2.30. The number of carboxylic acids is 1. The molecule has 3 nitrogen and oxygen atoms in total. The molecule has 2 N–H and O–H groups in total. The molecule has 1 aliphatic heterocycles. The molecule has 0 spiro atoms. The van der Waals surface area contributed by atoms with E-state index in [1.165, 1.54) is 12.1 Å². The molecular formula is C25H30F3NO2. The van der Waals surface area contributed by atoms with Crippen LogP contribution in [-0.4, -0.2) is 23.7 Å². The van der Waals surface area contributed by atoms with Crippen molar-refractivity contribution in [2.24, 2.45) is 5.92 Å². The topological polar surface area (TPSA) is 49.3 Å². The van der Waals surface area contributed by atoms with Crippen molar-refractivity contribution < 1.29 is 23.1 Å². The van der Waals surface area contributed by atoms with E-state index in [0.717, 1.165) is 42.6 Å². The molecule has 0 aromatic heterocycles. The summed E-state index contributed by atoms with van der Waals surface area (Å²) in [6, 6.07) is 11.3. The van der Waals surface area contributed by atoms with Crippen LogP contribution in [0, 0.1) is 5.92 Å². The summed E-state index contributed by atoms with van der Waals surface area (Å²) in [5.41, 5.74) is 2.48. The fourth-order valence-electron chi connectivity index (χ4n) is 4.27. The summed E-state index contributed by atoms with van der Waals surface area (Å²) >= 11 is 0. The first-order chi connectivity index (χ1) is 14.5. The van der Waals surface area contributed by atoms with E-state index in [-0.39, 0.29) is 11.8 Å². The van der Waals surface area contributed by atoms with Crippen LogP contribution >= 0.6 is 0 Å². The van der Waals surface area contributed by atoms with Gasteiger partial charge in [0.2, 0.25) is 0 Å². The Morgan fingerprint density at radius 3 is 2.29 bits per heavy atom. The number of aliphatic carboxylic acids is 1. The summed E-state index contributed by atoms with van der Waals surface area (Å²) in [6.45, 7) is 6.92. The largest absolute Gasteiger partial charge is 0.481 e. The van der Waals surface area contributed by atoms with Crippen molar-refractivity contribution in [3.63, 3.8) is 0 Å². The van der Waals surface area contributed by atoms with Gasteiger partial charge in [0.25, 0.3) is 0 Å². The lowest BCUT2D eigenvalue weighted by molar-refractivity contribution is -0.139. The SMILES string of the molecule is CC(C)C[C@@H](C(=O)O)c1cc(-c2ccc(C(F)(F)F)cc2)cc([C@@H]2CC[C@H](C)NC2)c1. The molecule has 0 unspecified atom stereocenters. The van der Waals surface area contributed by atoms with Crippen LogP contribution < -0.4 is 5.32 Å². The van der Waals surface area contributed by atoms with Crippen LogP contribution in [0.25, 0.3) is 11.1 Å². The predicted octanol–water partition coefficient (Wildman–Crippen LogP) is 6.44. The maximum absolute atomic E-state index is 13.0. The van der Waals surface area contributed by atoms with Crippen LogP contribution in [-0.2, 0) is 11.0 Å². The van der Waals surface area contributed by atoms with Crippen LogP contribution in [0.2, 0.25) is 0 Å². The van der Waals surface area contributed by atoms with Crippen LogP contribution in [0.1, 0.15) is 68.6 Å². The second-order valence-corrected chi connectivity index (χ2v) is 9.07. The van der Waals surface area contributed by atoms with Crippen molar-refractivity contribution in [2.75, 3.05) is 6.54 Å². The first-order valence-electron chi connectivity index (χ1n) is 10.8. The first kappa shape index (κ1) is 23.3. The zero-order chi connectivity index (χ0) is 22.8. The minimum atomic E-state index is -4.39. The van der Waals surface area contributed by atoms with Gasteiger partial charge in [-0.1, -0.05) is 44.2 Å². The molecule has 2 aromatic rings. The molecule has 0 radical (unpaired) electrons. The Balaban J connectivity index is 2.05. The average molecular weight is 434 g/mol. The van der Waals surface area contributed by atoms with Crippen molar-refractivity contribution in [2.45, 2.75) is 64.1 Å². The number of benzene rings is 2. The number of carbonyl (C=O) groups is 1. The molecule has 1 heterocycles. The van der Waals surface area contributed by atoms with E-state index in [1.807, 2.05) is 32.0 Å². The third-order valence-corrected chi connectivity index (χ3v) is 6.06. The van der Waals surface area contributed by atoms with Crippen molar-refractivity contribution in [3.05, 3.63) is 59.2 Å². The lowest BCUT2D eigenvalue weighted by Gasteiger charge is -2.29. The normalized spacial score (nSPS) is 20.6. The van der Waals surface area contributed by atoms with Gasteiger partial charge in [-0.25, -0.2) is 0 Å². The minimum absolute atomic E-state index is 0.205. The van der Waals surface area contributed by atoms with Crippen molar-refractivity contribution in [3.8, 4) is 11.1 Å². The molecule has 3 rings (SSSR count). The molecule has 2 aromatic carbocycles. The third-order valence-electron chi connectivity index (χ3n) is 6.06. The number of nitrogens with one attached hydrogen (secondary N) is 1. The summed E-state index contributed by atoms with van der Waals surface area (Å²) in [6.07, 6.45) is -1.86. The standard InChI is InChI=1S/C25H30F3NO2/c1-15(2)10-23(24(30)31)21-12-19(17-6-8-22(9-7-17)25(26,27)28)11-20(13-21)18-5-4-16(3)29-14-18/h6-9,11-13,15-16,18,23,29H,4-5,10,14H2,1-3H3,(H,30,31)/t16-,18+,23+/m0/s1. The van der Waals surface area contributed by atoms with Crippen LogP contribution in [0.5, 0.6) is 0 Å². The highest BCUT2D eigenvalue weighted by Crippen LogP contribution is 2.36. The van der Waals surface area contributed by atoms with Gasteiger partial charge in [-0.3, -0.25) is 4.79 Å². The molecule has 31 heavy (non-hydrogen) atoms. The zero-order valence-corrected chi connectivity index (χ0v) is 18.2. The molecule has 6 heteroatoms. The summed E-state index contributed by atoms with van der Waals surface area (Å²) in [7, 11) is 0. The van der Waals surface area contributed by atoms with E-state index in [4.69, 9.17) is 0 Å². The number of hydrogen-bond acceptors (Lipinski definition) is 2. The van der Waals surface area contributed by atoms with Crippen molar-refractivity contribution in [1.29, 1.82) is 0 Å². The Morgan fingerprint density at radius 2 is 1.77 bits per heavy atom. The molecule has 1 fully saturated rings. The Labute approximate surface area is 181 Å². The fourth-order valence-corrected chi connectivity index (χ4v) is 4.27. The van der Waals surface area contributed by atoms with E-state index in [2.05, 4.69) is 12.2 Å². The number of halogens is 3. The molecule has 1 saturated heterocycles. The molecule has 1 aliphatic rings. The number of hydrogen-bond donors (Lipinski definition) is 2. The Kier molecular flexibility index (Phi) is 7.10. The Bertz CT molecular complexity index is 898. The molecule has 168 valence electrons. The van der Waals surface area contributed by atoms with Crippen molar-refractivity contribution in [1.82, 2.24) is 5.32 Å². The lowest BCUT2D eigenvalue weighted by Crippen LogP contribution is -2.35. The monoisotopic (exact) mass is 433 g/mol. The summed E-state index contributed by atoms with van der Waals surface area (Å²) in [4.78, 5) is 12.0. The van der Waals surface area contributed by atoms with Crippen LogP contribution in [0.3, 0.4) is 0 Å². The van der Waals surface area contributed by atoms with Gasteiger partial charge in [-0.15, -0.1) is 0 Å². The molecular weight excluding hydrogens is 403 g/mol. The molecule has 0 bridgehead atoms. The van der Waals surface area contributed by atoms with E-state index < -0.39 is 23.6 Å². The van der Waals surface area contributed by atoms with Crippen LogP contribution in [0.15, 0.2) is 42.5 Å². The maximum Gasteiger partial charge on any atom is 0.416 e. The zero-order valence-electron chi connectivity index (χ0n) is 18.2. The summed E-state index contributed by atoms with van der Waals surface area (Å²) in [5, 5.41) is 13.3. The fraction of sp³-hybridized carbons (Fsp3) is 0.480. The number of alkyl halides is 3. The van der Waals surface area contributed by atoms with E-state index in [1.54, 1.807) is 0 Å². The summed E-state index contributed by atoms with van der Waals surface area (Å²) < 4.78 is 38.9. The first-order valence-corrected chi connectivity index (χ1v) is 10.8. The van der Waals surface area contributed by atoms with Gasteiger partial charge in [0.05, 0.1) is 11.5 Å². The minimum Gasteiger partial charge on any atom is -0.481 e. The molecule has 0 amide bonds. The van der Waals surface area contributed by atoms with Crippen molar-refractivity contribution >= 4 is 5.97 Å². The second kappa shape index (κ2) is 9.43. The quantitative estimate of drug-likeness (QED) is 0.551.